The van der Waals surface area contributed by atoms with Crippen molar-refractivity contribution in [1.29, 1.82) is 0 Å². The van der Waals surface area contributed by atoms with Crippen LogP contribution >= 0.6 is 0 Å². The maximum absolute atomic E-state index is 12.9. The summed E-state index contributed by atoms with van der Waals surface area (Å²) in [5, 5.41) is 0.716. The number of anilines is 2. The van der Waals surface area contributed by atoms with E-state index in [9.17, 15) is 31.2 Å². The Morgan fingerprint density at radius 1 is 1.03 bits per heavy atom. The summed E-state index contributed by atoms with van der Waals surface area (Å²) in [7, 11) is -5.53. The number of hydrogen-bond acceptors (Lipinski definition) is 6. The van der Waals surface area contributed by atoms with E-state index in [1.54, 1.807) is 24.3 Å². The fourth-order valence-corrected chi connectivity index (χ4v) is 4.20. The number of aromatic nitrogens is 1. The number of hydrogen-bond donors (Lipinski definition) is 1. The van der Waals surface area contributed by atoms with Crippen LogP contribution in [0.2, 0.25) is 0 Å². The van der Waals surface area contributed by atoms with Gasteiger partial charge in [-0.3, -0.25) is 9.78 Å². The first-order chi connectivity index (χ1) is 15.0. The Kier molecular flexibility index (Phi) is 5.04. The Morgan fingerprint density at radius 3 is 2.38 bits per heavy atom. The molecule has 0 aliphatic carbocycles. The number of amides is 3. The van der Waals surface area contributed by atoms with Crippen molar-refractivity contribution in [3.05, 3.63) is 60.3 Å². The van der Waals surface area contributed by atoms with E-state index in [-0.39, 0.29) is 18.8 Å². The molecule has 1 aromatic heterocycles. The molecule has 2 N–H and O–H groups in total. The summed E-state index contributed by atoms with van der Waals surface area (Å²) in [6.07, 6.45) is 1.54. The fraction of sp³-hybridized carbons (Fsp3) is 0.150. The third kappa shape index (κ3) is 3.51. The Balaban J connectivity index is 1.60. The average Bonchev–Trinajstić information content (AvgIpc) is 3.01. The van der Waals surface area contributed by atoms with Crippen molar-refractivity contribution in [2.45, 2.75) is 16.9 Å². The smallest absolute Gasteiger partial charge is 0.397 e. The molecule has 1 aliphatic rings. The summed E-state index contributed by atoms with van der Waals surface area (Å²) in [5.74, 6) is -0.598. The number of sulfone groups is 1. The molecule has 1 saturated heterocycles. The molecule has 4 rings (SSSR count). The predicted molar refractivity (Wildman–Crippen MR) is 109 cm³/mol. The number of pyridine rings is 1. The van der Waals surface area contributed by atoms with Crippen LogP contribution in [-0.4, -0.2) is 42.3 Å². The quantitative estimate of drug-likeness (QED) is 0.469. The van der Waals surface area contributed by atoms with Gasteiger partial charge in [0.25, 0.3) is 15.7 Å². The molecule has 0 unspecified atom stereocenters. The van der Waals surface area contributed by atoms with Crippen LogP contribution in [0.4, 0.5) is 29.3 Å². The molecule has 0 atom stereocenters. The average molecular weight is 464 g/mol. The summed E-state index contributed by atoms with van der Waals surface area (Å²) >= 11 is 0. The first kappa shape index (κ1) is 21.6. The van der Waals surface area contributed by atoms with E-state index >= 15 is 0 Å². The van der Waals surface area contributed by atoms with Gasteiger partial charge in [-0.05, 0) is 42.0 Å². The van der Waals surface area contributed by atoms with E-state index in [0.29, 0.717) is 34.3 Å². The molecule has 2 aromatic carbocycles. The third-order valence-electron chi connectivity index (χ3n) is 5.00. The Morgan fingerprint density at radius 2 is 1.72 bits per heavy atom. The van der Waals surface area contributed by atoms with Crippen LogP contribution in [0, 0.1) is 0 Å². The third-order valence-corrected chi connectivity index (χ3v) is 6.50. The predicted octanol–water partition coefficient (Wildman–Crippen LogP) is 3.08. The molecule has 0 radical (unpaired) electrons. The number of nitrogens with zero attached hydrogens (tertiary/aromatic N) is 3. The van der Waals surface area contributed by atoms with E-state index in [4.69, 9.17) is 5.73 Å². The second-order valence-electron chi connectivity index (χ2n) is 7.02. The standard InChI is InChI=1S/C20H15F3N4O4S/c21-20(22,23)32(30,31)14-6-4-13(5-7-14)27-17(28)11-26(19(27)29)10-12-8-9-25-18-15(12)2-1-3-16(18)24/h1-9H,10-11,24H2. The largest absolute Gasteiger partial charge is 0.501 e. The first-order valence-corrected chi connectivity index (χ1v) is 10.6. The van der Waals surface area contributed by atoms with Crippen molar-refractivity contribution in [1.82, 2.24) is 9.88 Å². The summed E-state index contributed by atoms with van der Waals surface area (Å²) in [4.78, 5) is 30.6. The Bertz CT molecular complexity index is 1340. The number of carbonyl (C=O) groups is 2. The number of nitrogens with two attached hydrogens (primary N) is 1. The molecule has 1 fully saturated rings. The molecule has 3 amide bonds. The molecule has 166 valence electrons. The van der Waals surface area contributed by atoms with E-state index in [1.807, 2.05) is 0 Å². The van der Waals surface area contributed by atoms with Gasteiger partial charge in [-0.1, -0.05) is 12.1 Å². The van der Waals surface area contributed by atoms with E-state index in [2.05, 4.69) is 4.98 Å². The first-order valence-electron chi connectivity index (χ1n) is 9.16. The second kappa shape index (κ2) is 7.48. The SMILES string of the molecule is Nc1cccc2c(CN3CC(=O)N(c4ccc(S(=O)(=O)C(F)(F)F)cc4)C3=O)ccnc12. The normalized spacial score (nSPS) is 15.1. The van der Waals surface area contributed by atoms with Crippen molar-refractivity contribution in [3.63, 3.8) is 0 Å². The van der Waals surface area contributed by atoms with Gasteiger partial charge in [0.1, 0.15) is 6.54 Å². The van der Waals surface area contributed by atoms with E-state index in [0.717, 1.165) is 17.0 Å². The van der Waals surface area contributed by atoms with E-state index in [1.165, 1.54) is 11.1 Å². The maximum Gasteiger partial charge on any atom is 0.501 e. The Labute approximate surface area is 180 Å². The molecule has 0 bridgehead atoms. The highest BCUT2D eigenvalue weighted by molar-refractivity contribution is 7.92. The number of halogens is 3. The highest BCUT2D eigenvalue weighted by Gasteiger charge is 2.47. The summed E-state index contributed by atoms with van der Waals surface area (Å²) in [5.41, 5.74) is 2.16. The number of nitrogen functional groups attached to an aromatic ring is 1. The summed E-state index contributed by atoms with van der Waals surface area (Å²) in [6.45, 7) is -0.183. The molecule has 32 heavy (non-hydrogen) atoms. The molecule has 3 aromatic rings. The number of carbonyl (C=O) groups excluding carboxylic acids is 2. The molecule has 0 saturated carbocycles. The lowest BCUT2D eigenvalue weighted by Crippen LogP contribution is -2.33. The van der Waals surface area contributed by atoms with Crippen LogP contribution < -0.4 is 10.6 Å². The number of alkyl halides is 3. The highest BCUT2D eigenvalue weighted by atomic mass is 32.2. The number of imide groups is 1. The highest BCUT2D eigenvalue weighted by Crippen LogP contribution is 2.32. The van der Waals surface area contributed by atoms with Crippen molar-refractivity contribution in [2.75, 3.05) is 17.2 Å². The number of rotatable bonds is 4. The van der Waals surface area contributed by atoms with Gasteiger partial charge in [-0.2, -0.15) is 13.2 Å². The van der Waals surface area contributed by atoms with Gasteiger partial charge in [0.05, 0.1) is 21.8 Å². The van der Waals surface area contributed by atoms with Crippen molar-refractivity contribution in [2.24, 2.45) is 0 Å². The van der Waals surface area contributed by atoms with Crippen LogP contribution in [0.5, 0.6) is 0 Å². The molecule has 12 heteroatoms. The van der Waals surface area contributed by atoms with Gasteiger partial charge in [-0.15, -0.1) is 0 Å². The zero-order valence-corrected chi connectivity index (χ0v) is 17.0. The number of urea groups is 1. The minimum absolute atomic E-state index is 0.0348. The van der Waals surface area contributed by atoms with Crippen molar-refractivity contribution < 1.29 is 31.2 Å². The molecular formula is C20H15F3N4O4S. The lowest BCUT2D eigenvalue weighted by atomic mass is 10.1. The monoisotopic (exact) mass is 464 g/mol. The maximum atomic E-state index is 12.9. The topological polar surface area (TPSA) is 114 Å². The second-order valence-corrected chi connectivity index (χ2v) is 8.97. The molecule has 2 heterocycles. The molecule has 1 aliphatic heterocycles. The zero-order chi connectivity index (χ0) is 23.3. The van der Waals surface area contributed by atoms with Crippen LogP contribution in [0.3, 0.4) is 0 Å². The van der Waals surface area contributed by atoms with Crippen LogP contribution in [-0.2, 0) is 21.2 Å². The van der Waals surface area contributed by atoms with Crippen molar-refractivity contribution >= 4 is 44.1 Å². The Hall–Kier alpha value is -3.67. The molecule has 8 nitrogen and oxygen atoms in total. The minimum atomic E-state index is -5.53. The zero-order valence-electron chi connectivity index (χ0n) is 16.2. The van der Waals surface area contributed by atoms with Gasteiger partial charge in [0.2, 0.25) is 0 Å². The van der Waals surface area contributed by atoms with E-state index < -0.39 is 32.2 Å². The van der Waals surface area contributed by atoms with Gasteiger partial charge < -0.3 is 10.6 Å². The van der Waals surface area contributed by atoms with Crippen molar-refractivity contribution in [3.8, 4) is 0 Å². The lowest BCUT2D eigenvalue weighted by Gasteiger charge is -2.18. The van der Waals surface area contributed by atoms with Gasteiger partial charge in [0.15, 0.2) is 0 Å². The number of fused-ring (bicyclic) bond motifs is 1. The van der Waals surface area contributed by atoms with Crippen LogP contribution in [0.1, 0.15) is 5.56 Å². The number of para-hydroxylation sites is 1. The molecular weight excluding hydrogens is 449 g/mol. The van der Waals surface area contributed by atoms with Gasteiger partial charge >= 0.3 is 11.5 Å². The van der Waals surface area contributed by atoms with Gasteiger partial charge in [-0.25, -0.2) is 18.1 Å². The summed E-state index contributed by atoms with van der Waals surface area (Å²) < 4.78 is 61.2. The molecule has 0 spiro atoms. The fourth-order valence-electron chi connectivity index (χ4n) is 3.44. The minimum Gasteiger partial charge on any atom is -0.397 e. The van der Waals surface area contributed by atoms with Crippen LogP contribution in [0.15, 0.2) is 59.6 Å². The lowest BCUT2D eigenvalue weighted by molar-refractivity contribution is -0.116. The number of benzene rings is 2. The summed E-state index contributed by atoms with van der Waals surface area (Å²) in [6, 6.07) is 9.61. The van der Waals surface area contributed by atoms with Gasteiger partial charge in [0, 0.05) is 18.1 Å². The van der Waals surface area contributed by atoms with Crippen LogP contribution in [0.25, 0.3) is 10.9 Å².